The molecule has 36 heavy (non-hydrogen) atoms. The van der Waals surface area contributed by atoms with Gasteiger partial charge >= 0.3 is 0 Å². The smallest absolute Gasteiger partial charge is 0.129 e. The first-order valence-electron chi connectivity index (χ1n) is 13.7. The molecule has 2 heteroatoms. The molecule has 0 nitrogen and oxygen atoms in total. The molecule has 0 aliphatic heterocycles. The van der Waals surface area contributed by atoms with Crippen molar-refractivity contribution in [2.24, 2.45) is 5.92 Å². The molecule has 0 aromatic heterocycles. The van der Waals surface area contributed by atoms with Crippen molar-refractivity contribution in [2.75, 3.05) is 0 Å². The number of allylic oxidation sites excluding steroid dienone is 2. The number of aryl methyl sites for hydroxylation is 1. The van der Waals surface area contributed by atoms with E-state index in [1.165, 1.54) is 23.1 Å². The molecule has 1 aliphatic rings. The minimum atomic E-state index is -0.377. The predicted octanol–water partition coefficient (Wildman–Crippen LogP) is 9.73. The van der Waals surface area contributed by atoms with Crippen LogP contribution in [0.25, 0.3) is 0 Å². The summed E-state index contributed by atoms with van der Waals surface area (Å²) >= 11 is 0. The van der Waals surface area contributed by atoms with Gasteiger partial charge in [0, 0.05) is 5.56 Å². The van der Waals surface area contributed by atoms with Crippen LogP contribution < -0.4 is 0 Å². The molecule has 190 valence electrons. The van der Waals surface area contributed by atoms with E-state index in [0.29, 0.717) is 24.7 Å². The number of halogens is 2. The lowest BCUT2D eigenvalue weighted by molar-refractivity contribution is 0.309. The second kappa shape index (κ2) is 13.0. The summed E-state index contributed by atoms with van der Waals surface area (Å²) in [6.07, 6.45) is 12.7. The van der Waals surface area contributed by atoms with Gasteiger partial charge in [-0.25, -0.2) is 8.78 Å². The Labute approximate surface area is 216 Å². The van der Waals surface area contributed by atoms with Crippen molar-refractivity contribution < 1.29 is 8.78 Å². The molecule has 0 saturated heterocycles. The van der Waals surface area contributed by atoms with Gasteiger partial charge in [-0.2, -0.15) is 0 Å². The fourth-order valence-corrected chi connectivity index (χ4v) is 5.74. The van der Waals surface area contributed by atoms with Crippen LogP contribution in [0.3, 0.4) is 0 Å². The molecule has 0 unspecified atom stereocenters. The number of benzene rings is 3. The van der Waals surface area contributed by atoms with Crippen LogP contribution in [-0.4, -0.2) is 0 Å². The second-order valence-electron chi connectivity index (χ2n) is 10.7. The third-order valence-corrected chi connectivity index (χ3v) is 8.05. The van der Waals surface area contributed by atoms with Gasteiger partial charge in [0.15, 0.2) is 0 Å². The van der Waals surface area contributed by atoms with Crippen LogP contribution in [0.2, 0.25) is 0 Å². The van der Waals surface area contributed by atoms with E-state index in [1.54, 1.807) is 12.1 Å². The Morgan fingerprint density at radius 1 is 0.833 bits per heavy atom. The quantitative estimate of drug-likeness (QED) is 0.250. The first kappa shape index (κ1) is 26.3. The summed E-state index contributed by atoms with van der Waals surface area (Å²) in [6, 6.07) is 23.1. The van der Waals surface area contributed by atoms with Gasteiger partial charge in [-0.05, 0) is 117 Å². The fourth-order valence-electron chi connectivity index (χ4n) is 5.74. The predicted molar refractivity (Wildman–Crippen MR) is 148 cm³/mol. The Kier molecular flexibility index (Phi) is 9.50. The van der Waals surface area contributed by atoms with E-state index in [4.69, 9.17) is 0 Å². The summed E-state index contributed by atoms with van der Waals surface area (Å²) in [5.41, 5.74) is 5.27. The van der Waals surface area contributed by atoms with E-state index >= 15 is 0 Å². The molecule has 3 aromatic carbocycles. The minimum Gasteiger partial charge on any atom is -0.207 e. The van der Waals surface area contributed by atoms with Crippen molar-refractivity contribution in [2.45, 2.75) is 83.5 Å². The molecule has 0 radical (unpaired) electrons. The molecular formula is C34H40F2. The average Bonchev–Trinajstić information content (AvgIpc) is 2.90. The molecule has 4 rings (SSSR count). The lowest BCUT2D eigenvalue weighted by Crippen LogP contribution is -2.15. The highest BCUT2D eigenvalue weighted by Gasteiger charge is 2.24. The van der Waals surface area contributed by atoms with Gasteiger partial charge in [-0.15, -0.1) is 0 Å². The molecule has 1 atom stereocenters. The monoisotopic (exact) mass is 486 g/mol. The van der Waals surface area contributed by atoms with Crippen LogP contribution in [0, 0.1) is 17.6 Å². The Morgan fingerprint density at radius 2 is 1.47 bits per heavy atom. The molecule has 3 aromatic rings. The zero-order chi connectivity index (χ0) is 25.3. The topological polar surface area (TPSA) is 0 Å². The lowest BCUT2D eigenvalue weighted by Gasteiger charge is -2.29. The molecule has 1 aliphatic carbocycles. The summed E-state index contributed by atoms with van der Waals surface area (Å²) in [4.78, 5) is 0. The van der Waals surface area contributed by atoms with E-state index in [-0.39, 0.29) is 23.1 Å². The first-order chi connectivity index (χ1) is 17.5. The molecule has 0 bridgehead atoms. The van der Waals surface area contributed by atoms with Crippen molar-refractivity contribution >= 4 is 0 Å². The maximum atomic E-state index is 14.6. The van der Waals surface area contributed by atoms with Gasteiger partial charge in [-0.1, -0.05) is 73.7 Å². The van der Waals surface area contributed by atoms with Crippen molar-refractivity contribution in [1.29, 1.82) is 0 Å². The van der Waals surface area contributed by atoms with Crippen LogP contribution in [0.5, 0.6) is 0 Å². The molecule has 1 fully saturated rings. The molecule has 0 spiro atoms. The van der Waals surface area contributed by atoms with E-state index < -0.39 is 0 Å². The average molecular weight is 487 g/mol. The summed E-state index contributed by atoms with van der Waals surface area (Å²) in [6.45, 7) is 4.22. The third kappa shape index (κ3) is 7.15. The largest absolute Gasteiger partial charge is 0.207 e. The molecule has 0 N–H and O–H groups in total. The van der Waals surface area contributed by atoms with Crippen molar-refractivity contribution in [3.05, 3.63) is 118 Å². The van der Waals surface area contributed by atoms with E-state index in [9.17, 15) is 8.78 Å². The molecule has 0 heterocycles. The van der Waals surface area contributed by atoms with E-state index in [2.05, 4.69) is 61.5 Å². The normalized spacial score (nSPS) is 19.0. The highest BCUT2D eigenvalue weighted by atomic mass is 19.1. The van der Waals surface area contributed by atoms with Gasteiger partial charge in [0.1, 0.15) is 11.6 Å². The summed E-state index contributed by atoms with van der Waals surface area (Å²) < 4.78 is 29.2. The Balaban J connectivity index is 1.24. The summed E-state index contributed by atoms with van der Waals surface area (Å²) in [7, 11) is 0. The summed E-state index contributed by atoms with van der Waals surface area (Å²) in [5.74, 6) is 0.745. The fraction of sp³-hybridized carbons (Fsp3) is 0.412. The van der Waals surface area contributed by atoms with E-state index in [0.717, 1.165) is 44.1 Å². The first-order valence-corrected chi connectivity index (χ1v) is 13.7. The van der Waals surface area contributed by atoms with Gasteiger partial charge < -0.3 is 0 Å². The van der Waals surface area contributed by atoms with Crippen LogP contribution in [0.4, 0.5) is 8.78 Å². The van der Waals surface area contributed by atoms with Gasteiger partial charge in [-0.3, -0.25) is 0 Å². The van der Waals surface area contributed by atoms with Crippen LogP contribution >= 0.6 is 0 Å². The molecule has 1 saturated carbocycles. The lowest BCUT2D eigenvalue weighted by atomic mass is 9.76. The zero-order valence-electron chi connectivity index (χ0n) is 21.9. The standard InChI is InChI=1S/C34H40F2/c1-3-4-6-11-32-33(35)23-31(24-34(32)36)30-20-18-27(19-21-30)13-12-26-14-16-28(17-15-26)22-25(2)29-9-7-5-8-10-29/h3-5,7-10,14-17,23-25,27,30H,6,11-13,18-22H2,1-2H3/t25-,27?,30?/m0/s1. The van der Waals surface area contributed by atoms with Crippen molar-refractivity contribution in [3.8, 4) is 0 Å². The van der Waals surface area contributed by atoms with Crippen molar-refractivity contribution in [1.82, 2.24) is 0 Å². The highest BCUT2D eigenvalue weighted by molar-refractivity contribution is 5.30. The Bertz CT molecular complexity index is 1080. The Hall–Kier alpha value is -2.74. The Morgan fingerprint density at radius 3 is 2.11 bits per heavy atom. The zero-order valence-corrected chi connectivity index (χ0v) is 21.9. The van der Waals surface area contributed by atoms with Crippen LogP contribution in [-0.2, 0) is 19.3 Å². The maximum absolute atomic E-state index is 14.6. The number of rotatable bonds is 10. The number of hydrogen-bond acceptors (Lipinski definition) is 0. The molecule has 0 amide bonds. The van der Waals surface area contributed by atoms with Gasteiger partial charge in [0.05, 0.1) is 0 Å². The van der Waals surface area contributed by atoms with E-state index in [1.807, 2.05) is 19.1 Å². The number of hydrogen-bond donors (Lipinski definition) is 0. The van der Waals surface area contributed by atoms with Crippen LogP contribution in [0.15, 0.2) is 78.9 Å². The molecular weight excluding hydrogens is 446 g/mol. The maximum Gasteiger partial charge on any atom is 0.129 e. The summed E-state index contributed by atoms with van der Waals surface area (Å²) in [5, 5.41) is 0. The minimum absolute atomic E-state index is 0.228. The van der Waals surface area contributed by atoms with Gasteiger partial charge in [0.25, 0.3) is 0 Å². The SMILES string of the molecule is CC=CCCc1c(F)cc(C2CCC(CCc3ccc(C[C@H](C)c4ccccc4)cc3)CC2)cc1F. The van der Waals surface area contributed by atoms with Crippen molar-refractivity contribution in [3.63, 3.8) is 0 Å². The van der Waals surface area contributed by atoms with Crippen LogP contribution in [0.1, 0.15) is 92.0 Å². The second-order valence-corrected chi connectivity index (χ2v) is 10.7. The third-order valence-electron chi connectivity index (χ3n) is 8.05. The highest BCUT2D eigenvalue weighted by Crippen LogP contribution is 2.38. The van der Waals surface area contributed by atoms with Gasteiger partial charge in [0.2, 0.25) is 0 Å².